The molecular formula is C10H14ClNO4S2. The van der Waals surface area contributed by atoms with Crippen LogP contribution < -0.4 is 5.73 Å². The molecule has 0 unspecified atom stereocenters. The van der Waals surface area contributed by atoms with Crippen LogP contribution >= 0.6 is 11.6 Å². The molecule has 5 nitrogen and oxygen atoms in total. The van der Waals surface area contributed by atoms with Gasteiger partial charge in [0.25, 0.3) is 0 Å². The maximum absolute atomic E-state index is 12.0. The molecule has 0 aliphatic rings. The van der Waals surface area contributed by atoms with Gasteiger partial charge in [0, 0.05) is 11.4 Å². The van der Waals surface area contributed by atoms with E-state index in [1.165, 1.54) is 25.1 Å². The highest BCUT2D eigenvalue weighted by Crippen LogP contribution is 2.24. The highest BCUT2D eigenvalue weighted by molar-refractivity contribution is 7.95. The third-order valence-electron chi connectivity index (χ3n) is 2.39. The van der Waals surface area contributed by atoms with E-state index in [-0.39, 0.29) is 21.4 Å². The second-order valence-electron chi connectivity index (χ2n) is 3.75. The Labute approximate surface area is 112 Å². The summed E-state index contributed by atoms with van der Waals surface area (Å²) in [5.41, 5.74) is 5.75. The molecule has 1 aromatic carbocycles. The summed E-state index contributed by atoms with van der Waals surface area (Å²) in [6, 6.07) is 4.08. The number of sulfone groups is 2. The van der Waals surface area contributed by atoms with Gasteiger partial charge in [-0.1, -0.05) is 18.5 Å². The van der Waals surface area contributed by atoms with Crippen molar-refractivity contribution in [2.24, 2.45) is 0 Å². The average Bonchev–Trinajstić information content (AvgIpc) is 2.30. The summed E-state index contributed by atoms with van der Waals surface area (Å²) in [6.45, 7) is 1.47. The monoisotopic (exact) mass is 311 g/mol. The van der Waals surface area contributed by atoms with Crippen LogP contribution in [0.2, 0.25) is 5.02 Å². The molecule has 0 fully saturated rings. The molecule has 0 atom stereocenters. The Morgan fingerprint density at radius 2 is 1.78 bits per heavy atom. The van der Waals surface area contributed by atoms with E-state index in [1.807, 2.05) is 0 Å². The number of hydrogen-bond donors (Lipinski definition) is 1. The second-order valence-corrected chi connectivity index (χ2v) is 8.70. The minimum atomic E-state index is -3.75. The van der Waals surface area contributed by atoms with Gasteiger partial charge in [-0.2, -0.15) is 0 Å². The Morgan fingerprint density at radius 1 is 1.17 bits per heavy atom. The molecule has 1 rings (SSSR count). The molecule has 0 aliphatic heterocycles. The molecule has 0 bridgehead atoms. The molecule has 8 heteroatoms. The third kappa shape index (κ3) is 3.86. The first kappa shape index (κ1) is 15.3. The lowest BCUT2D eigenvalue weighted by molar-refractivity contribution is 0.588. The molecule has 0 aromatic heterocycles. The largest absolute Gasteiger partial charge is 0.399 e. The molecule has 0 amide bonds. The van der Waals surface area contributed by atoms with Crippen molar-refractivity contribution in [3.8, 4) is 0 Å². The molecule has 18 heavy (non-hydrogen) atoms. The standard InChI is InChI=1S/C10H14ClNO4S2/c1-2-17(13,14)5-6-18(15,16)10-7-8(12)3-4-9(10)11/h3-4,7H,2,5-6,12H2,1H3. The molecule has 0 saturated carbocycles. The zero-order valence-corrected chi connectivity index (χ0v) is 12.1. The van der Waals surface area contributed by atoms with E-state index in [0.29, 0.717) is 0 Å². The van der Waals surface area contributed by atoms with Crippen LogP contribution in [0.5, 0.6) is 0 Å². The summed E-state index contributed by atoms with van der Waals surface area (Å²) in [4.78, 5) is -0.129. The molecule has 2 N–H and O–H groups in total. The van der Waals surface area contributed by atoms with Crippen LogP contribution in [-0.2, 0) is 19.7 Å². The van der Waals surface area contributed by atoms with Gasteiger partial charge in [0.2, 0.25) is 0 Å². The number of nitrogen functional groups attached to an aromatic ring is 1. The minimum absolute atomic E-state index is 0.0399. The number of anilines is 1. The second kappa shape index (κ2) is 5.46. The van der Waals surface area contributed by atoms with Gasteiger partial charge in [0.15, 0.2) is 19.7 Å². The Bertz CT molecular complexity index is 638. The van der Waals surface area contributed by atoms with Gasteiger partial charge in [0.1, 0.15) is 0 Å². The summed E-state index contributed by atoms with van der Waals surface area (Å²) in [5.74, 6) is -1.00. The van der Waals surface area contributed by atoms with Crippen LogP contribution in [-0.4, -0.2) is 34.1 Å². The van der Waals surface area contributed by atoms with Gasteiger partial charge in [0.05, 0.1) is 21.4 Å². The summed E-state index contributed by atoms with van der Waals surface area (Å²) >= 11 is 5.78. The van der Waals surface area contributed by atoms with Crippen molar-refractivity contribution >= 4 is 37.0 Å². The zero-order valence-electron chi connectivity index (χ0n) is 9.76. The normalized spacial score (nSPS) is 12.6. The van der Waals surface area contributed by atoms with Crippen molar-refractivity contribution < 1.29 is 16.8 Å². The zero-order chi connectivity index (χ0) is 14.0. The lowest BCUT2D eigenvalue weighted by Gasteiger charge is -2.07. The van der Waals surface area contributed by atoms with E-state index in [2.05, 4.69) is 0 Å². The first-order valence-electron chi connectivity index (χ1n) is 5.16. The number of nitrogens with two attached hydrogens (primary N) is 1. The maximum atomic E-state index is 12.0. The lowest BCUT2D eigenvalue weighted by Crippen LogP contribution is -2.19. The fourth-order valence-electron chi connectivity index (χ4n) is 1.25. The van der Waals surface area contributed by atoms with Crippen molar-refractivity contribution in [1.29, 1.82) is 0 Å². The van der Waals surface area contributed by atoms with Crippen molar-refractivity contribution in [1.82, 2.24) is 0 Å². The van der Waals surface area contributed by atoms with Crippen LogP contribution in [0, 0.1) is 0 Å². The van der Waals surface area contributed by atoms with Gasteiger partial charge in [-0.25, -0.2) is 16.8 Å². The smallest absolute Gasteiger partial charge is 0.180 e. The molecule has 0 spiro atoms. The van der Waals surface area contributed by atoms with E-state index >= 15 is 0 Å². The fraction of sp³-hybridized carbons (Fsp3) is 0.400. The third-order valence-corrected chi connectivity index (χ3v) is 6.55. The Hall–Kier alpha value is -0.790. The maximum Gasteiger partial charge on any atom is 0.180 e. The SMILES string of the molecule is CCS(=O)(=O)CCS(=O)(=O)c1cc(N)ccc1Cl. The molecule has 0 heterocycles. The van der Waals surface area contributed by atoms with Gasteiger partial charge >= 0.3 is 0 Å². The number of hydrogen-bond acceptors (Lipinski definition) is 5. The van der Waals surface area contributed by atoms with E-state index in [9.17, 15) is 16.8 Å². The highest BCUT2D eigenvalue weighted by Gasteiger charge is 2.21. The van der Waals surface area contributed by atoms with Gasteiger partial charge in [-0.05, 0) is 18.2 Å². The molecule has 102 valence electrons. The molecule has 1 aromatic rings. The predicted octanol–water partition coefficient (Wildman–Crippen LogP) is 1.13. The van der Waals surface area contributed by atoms with Crippen molar-refractivity contribution in [2.75, 3.05) is 23.0 Å². The van der Waals surface area contributed by atoms with Gasteiger partial charge < -0.3 is 5.73 Å². The Kier molecular flexibility index (Phi) is 4.63. The Morgan fingerprint density at radius 3 is 2.33 bits per heavy atom. The molecule has 0 aliphatic carbocycles. The fourth-order valence-corrected chi connectivity index (χ4v) is 4.80. The number of rotatable bonds is 5. The first-order valence-corrected chi connectivity index (χ1v) is 9.01. The van der Waals surface area contributed by atoms with Crippen LogP contribution in [0.1, 0.15) is 6.92 Å². The van der Waals surface area contributed by atoms with Crippen LogP contribution in [0.3, 0.4) is 0 Å². The van der Waals surface area contributed by atoms with Gasteiger partial charge in [-0.3, -0.25) is 0 Å². The molecule has 0 saturated heterocycles. The predicted molar refractivity (Wildman–Crippen MR) is 72.2 cm³/mol. The van der Waals surface area contributed by atoms with Crippen molar-refractivity contribution in [3.63, 3.8) is 0 Å². The van der Waals surface area contributed by atoms with Crippen LogP contribution in [0.25, 0.3) is 0 Å². The molecular weight excluding hydrogens is 298 g/mol. The highest BCUT2D eigenvalue weighted by atomic mass is 35.5. The summed E-state index contributed by atoms with van der Waals surface area (Å²) < 4.78 is 46.5. The molecule has 0 radical (unpaired) electrons. The first-order chi connectivity index (χ1) is 8.18. The van der Waals surface area contributed by atoms with Crippen LogP contribution in [0.15, 0.2) is 23.1 Å². The number of halogens is 1. The lowest BCUT2D eigenvalue weighted by atomic mass is 10.3. The number of benzene rings is 1. The van der Waals surface area contributed by atoms with Crippen LogP contribution in [0.4, 0.5) is 5.69 Å². The van der Waals surface area contributed by atoms with E-state index in [0.717, 1.165) is 0 Å². The average molecular weight is 312 g/mol. The summed E-state index contributed by atoms with van der Waals surface area (Å²) in [7, 11) is -7.09. The minimum Gasteiger partial charge on any atom is -0.399 e. The summed E-state index contributed by atoms with van der Waals surface area (Å²) in [6.07, 6.45) is 0. The van der Waals surface area contributed by atoms with E-state index in [4.69, 9.17) is 17.3 Å². The topological polar surface area (TPSA) is 94.3 Å². The van der Waals surface area contributed by atoms with Crippen molar-refractivity contribution in [3.05, 3.63) is 23.2 Å². The van der Waals surface area contributed by atoms with E-state index < -0.39 is 31.2 Å². The van der Waals surface area contributed by atoms with E-state index in [1.54, 1.807) is 0 Å². The van der Waals surface area contributed by atoms with Gasteiger partial charge in [-0.15, -0.1) is 0 Å². The Balaban J connectivity index is 3.04. The summed E-state index contributed by atoms with van der Waals surface area (Å²) in [5, 5.41) is 0.0399. The van der Waals surface area contributed by atoms with Crippen molar-refractivity contribution in [2.45, 2.75) is 11.8 Å². The quantitative estimate of drug-likeness (QED) is 0.823.